The fourth-order valence-corrected chi connectivity index (χ4v) is 2.62. The van der Waals surface area contributed by atoms with Gasteiger partial charge in [0.05, 0.1) is 11.4 Å². The van der Waals surface area contributed by atoms with E-state index < -0.39 is 0 Å². The first-order valence-corrected chi connectivity index (χ1v) is 6.97. The molecular formula is C15H11FN2OS. The summed E-state index contributed by atoms with van der Waals surface area (Å²) >= 11 is 1.56. The highest BCUT2D eigenvalue weighted by atomic mass is 32.1. The van der Waals surface area contributed by atoms with E-state index in [0.29, 0.717) is 5.56 Å². The summed E-state index contributed by atoms with van der Waals surface area (Å²) in [5.41, 5.74) is 1.26. The first-order chi connectivity index (χ1) is 9.72. The Kier molecular flexibility index (Phi) is 3.43. The highest BCUT2D eigenvalue weighted by Crippen LogP contribution is 2.21. The van der Waals surface area contributed by atoms with E-state index in [0.717, 1.165) is 10.6 Å². The minimum absolute atomic E-state index is 0.199. The average molecular weight is 286 g/mol. The summed E-state index contributed by atoms with van der Waals surface area (Å²) in [5.74, 6) is -0.315. The maximum atomic E-state index is 13.2. The Morgan fingerprint density at radius 2 is 2.05 bits per heavy atom. The van der Waals surface area contributed by atoms with Crippen molar-refractivity contribution >= 4 is 11.3 Å². The van der Waals surface area contributed by atoms with Crippen LogP contribution in [0.25, 0.3) is 10.6 Å². The number of halogens is 1. The number of thiophene rings is 1. The fourth-order valence-electron chi connectivity index (χ4n) is 1.93. The normalized spacial score (nSPS) is 10.7. The van der Waals surface area contributed by atoms with Crippen molar-refractivity contribution in [1.82, 2.24) is 9.78 Å². The topological polar surface area (TPSA) is 34.9 Å². The zero-order valence-corrected chi connectivity index (χ0v) is 11.3. The highest BCUT2D eigenvalue weighted by molar-refractivity contribution is 7.13. The molecule has 0 saturated carbocycles. The van der Waals surface area contributed by atoms with Crippen LogP contribution in [0.1, 0.15) is 5.56 Å². The number of hydrogen-bond donors (Lipinski definition) is 0. The molecule has 0 unspecified atom stereocenters. The zero-order chi connectivity index (χ0) is 13.9. The van der Waals surface area contributed by atoms with Crippen molar-refractivity contribution in [1.29, 1.82) is 0 Å². The lowest BCUT2D eigenvalue weighted by Gasteiger charge is -2.06. The first kappa shape index (κ1) is 12.7. The second-order valence-electron chi connectivity index (χ2n) is 4.32. The minimum Gasteiger partial charge on any atom is -0.268 e. The molecule has 1 aromatic carbocycles. The van der Waals surface area contributed by atoms with Crippen LogP contribution in [0, 0.1) is 5.82 Å². The quantitative estimate of drug-likeness (QED) is 0.741. The summed E-state index contributed by atoms with van der Waals surface area (Å²) in [6, 6.07) is 13.3. The molecule has 0 fully saturated rings. The summed E-state index contributed by atoms with van der Waals surface area (Å²) in [5, 5.41) is 6.29. The molecule has 20 heavy (non-hydrogen) atoms. The van der Waals surface area contributed by atoms with Gasteiger partial charge in [0.25, 0.3) is 5.56 Å². The van der Waals surface area contributed by atoms with E-state index in [1.165, 1.54) is 22.9 Å². The van der Waals surface area contributed by atoms with Crippen molar-refractivity contribution in [3.05, 3.63) is 75.6 Å². The van der Waals surface area contributed by atoms with Crippen LogP contribution in [0.5, 0.6) is 0 Å². The van der Waals surface area contributed by atoms with Crippen molar-refractivity contribution in [3.63, 3.8) is 0 Å². The lowest BCUT2D eigenvalue weighted by Crippen LogP contribution is -2.22. The van der Waals surface area contributed by atoms with Crippen LogP contribution in [-0.2, 0) is 6.54 Å². The molecular weight excluding hydrogens is 275 g/mol. The molecule has 0 spiro atoms. The molecule has 0 bridgehead atoms. The predicted molar refractivity (Wildman–Crippen MR) is 77.3 cm³/mol. The molecule has 2 aromatic heterocycles. The smallest absolute Gasteiger partial charge is 0.267 e. The van der Waals surface area contributed by atoms with E-state index in [1.54, 1.807) is 29.5 Å². The number of rotatable bonds is 3. The Balaban J connectivity index is 1.97. The van der Waals surface area contributed by atoms with Gasteiger partial charge in [0.15, 0.2) is 0 Å². The standard InChI is InChI=1S/C15H11FN2OS/c16-12-4-1-3-11(9-12)10-18-15(19)7-6-13(17-18)14-5-2-8-20-14/h1-9H,10H2. The van der Waals surface area contributed by atoms with E-state index in [1.807, 2.05) is 17.5 Å². The second-order valence-corrected chi connectivity index (χ2v) is 5.27. The SMILES string of the molecule is O=c1ccc(-c2cccs2)nn1Cc1cccc(F)c1. The van der Waals surface area contributed by atoms with Crippen LogP contribution in [0.15, 0.2) is 58.7 Å². The molecule has 0 radical (unpaired) electrons. The molecule has 0 saturated heterocycles. The molecule has 0 atom stereocenters. The van der Waals surface area contributed by atoms with Crippen molar-refractivity contribution in [2.45, 2.75) is 6.54 Å². The molecule has 5 heteroatoms. The third-order valence-electron chi connectivity index (χ3n) is 2.86. The van der Waals surface area contributed by atoms with Crippen LogP contribution >= 0.6 is 11.3 Å². The highest BCUT2D eigenvalue weighted by Gasteiger charge is 2.05. The molecule has 0 aliphatic rings. The van der Waals surface area contributed by atoms with Crippen molar-refractivity contribution < 1.29 is 4.39 Å². The van der Waals surface area contributed by atoms with Gasteiger partial charge in [-0.15, -0.1) is 11.3 Å². The third kappa shape index (κ3) is 2.67. The Morgan fingerprint density at radius 3 is 2.80 bits per heavy atom. The van der Waals surface area contributed by atoms with E-state index in [9.17, 15) is 9.18 Å². The Labute approximate surface area is 118 Å². The number of hydrogen-bond acceptors (Lipinski definition) is 3. The maximum absolute atomic E-state index is 13.2. The molecule has 3 rings (SSSR count). The Bertz CT molecular complexity index is 781. The molecule has 100 valence electrons. The van der Waals surface area contributed by atoms with Gasteiger partial charge in [0.1, 0.15) is 11.5 Å². The predicted octanol–water partition coefficient (Wildman–Crippen LogP) is 3.16. The van der Waals surface area contributed by atoms with Gasteiger partial charge in [0.2, 0.25) is 0 Å². The molecule has 0 aliphatic heterocycles. The van der Waals surface area contributed by atoms with Gasteiger partial charge in [-0.25, -0.2) is 9.07 Å². The molecule has 0 N–H and O–H groups in total. The van der Waals surface area contributed by atoms with Crippen LogP contribution in [0.4, 0.5) is 4.39 Å². The maximum Gasteiger partial charge on any atom is 0.267 e. The van der Waals surface area contributed by atoms with Gasteiger partial charge < -0.3 is 0 Å². The third-order valence-corrected chi connectivity index (χ3v) is 3.75. The van der Waals surface area contributed by atoms with Gasteiger partial charge in [-0.3, -0.25) is 4.79 Å². The molecule has 0 amide bonds. The number of nitrogens with zero attached hydrogens (tertiary/aromatic N) is 2. The summed E-state index contributed by atoms with van der Waals surface area (Å²) in [7, 11) is 0. The van der Waals surface area contributed by atoms with Crippen LogP contribution in [-0.4, -0.2) is 9.78 Å². The molecule has 2 heterocycles. The van der Waals surface area contributed by atoms with Gasteiger partial charge in [0, 0.05) is 6.07 Å². The largest absolute Gasteiger partial charge is 0.268 e. The van der Waals surface area contributed by atoms with Crippen LogP contribution in [0.2, 0.25) is 0 Å². The van der Waals surface area contributed by atoms with E-state index >= 15 is 0 Å². The Hall–Kier alpha value is -2.27. The van der Waals surface area contributed by atoms with E-state index in [4.69, 9.17) is 0 Å². The summed E-state index contributed by atoms with van der Waals surface area (Å²) in [6.07, 6.45) is 0. The lowest BCUT2D eigenvalue weighted by molar-refractivity contribution is 0.612. The minimum atomic E-state index is -0.315. The van der Waals surface area contributed by atoms with Crippen LogP contribution in [0.3, 0.4) is 0 Å². The van der Waals surface area contributed by atoms with Crippen LogP contribution < -0.4 is 5.56 Å². The van der Waals surface area contributed by atoms with Crippen molar-refractivity contribution in [3.8, 4) is 10.6 Å². The monoisotopic (exact) mass is 286 g/mol. The summed E-state index contributed by atoms with van der Waals surface area (Å²) < 4.78 is 14.5. The average Bonchev–Trinajstić information content (AvgIpc) is 2.95. The molecule has 3 nitrogen and oxygen atoms in total. The van der Waals surface area contributed by atoms with Gasteiger partial charge >= 0.3 is 0 Å². The first-order valence-electron chi connectivity index (χ1n) is 6.09. The lowest BCUT2D eigenvalue weighted by atomic mass is 10.2. The molecule has 0 aliphatic carbocycles. The molecule has 3 aromatic rings. The Morgan fingerprint density at radius 1 is 1.15 bits per heavy atom. The van der Waals surface area contributed by atoms with Crippen molar-refractivity contribution in [2.24, 2.45) is 0 Å². The second kappa shape index (κ2) is 5.38. The van der Waals surface area contributed by atoms with E-state index in [2.05, 4.69) is 5.10 Å². The van der Waals surface area contributed by atoms with Gasteiger partial charge in [-0.05, 0) is 35.2 Å². The summed E-state index contributed by atoms with van der Waals surface area (Å²) in [4.78, 5) is 12.8. The van der Waals surface area contributed by atoms with Gasteiger partial charge in [-0.1, -0.05) is 18.2 Å². The number of benzene rings is 1. The zero-order valence-electron chi connectivity index (χ0n) is 10.5. The van der Waals surface area contributed by atoms with Gasteiger partial charge in [-0.2, -0.15) is 5.10 Å². The number of aromatic nitrogens is 2. The van der Waals surface area contributed by atoms with Crippen molar-refractivity contribution in [2.75, 3.05) is 0 Å². The summed E-state index contributed by atoms with van der Waals surface area (Å²) in [6.45, 7) is 0.260. The fraction of sp³-hybridized carbons (Fsp3) is 0.0667. The van der Waals surface area contributed by atoms with E-state index in [-0.39, 0.29) is 17.9 Å².